The monoisotopic (exact) mass is 774 g/mol. The van der Waals surface area contributed by atoms with Gasteiger partial charge in [0.05, 0.1) is 11.0 Å². The summed E-state index contributed by atoms with van der Waals surface area (Å²) in [7, 11) is 0. The fraction of sp³-hybridized carbons (Fsp3) is 0. The van der Waals surface area contributed by atoms with Gasteiger partial charge in [-0.15, -0.1) is 0 Å². The van der Waals surface area contributed by atoms with Crippen molar-refractivity contribution in [2.45, 2.75) is 0 Å². The van der Waals surface area contributed by atoms with Gasteiger partial charge in [-0.2, -0.15) is 0 Å². The van der Waals surface area contributed by atoms with Crippen molar-refractivity contribution in [3.05, 3.63) is 207 Å². The number of aromatic nitrogens is 2. The summed E-state index contributed by atoms with van der Waals surface area (Å²) in [5, 5.41) is 14.1. The smallest absolute Gasteiger partial charge is 0.143 e. The van der Waals surface area contributed by atoms with E-state index in [0.29, 0.717) is 0 Å². The zero-order valence-electron chi connectivity index (χ0n) is 32.9. The normalized spacial score (nSPS) is 11.9. The maximum Gasteiger partial charge on any atom is 0.143 e. The van der Waals surface area contributed by atoms with E-state index in [1.807, 2.05) is 24.5 Å². The molecule has 13 aromatic rings. The van der Waals surface area contributed by atoms with Crippen molar-refractivity contribution >= 4 is 86.8 Å². The van der Waals surface area contributed by atoms with Crippen molar-refractivity contribution in [3.63, 3.8) is 0 Å². The van der Waals surface area contributed by atoms with Crippen LogP contribution >= 0.6 is 0 Å². The number of benzene rings is 10. The molecule has 0 N–H and O–H groups in total. The summed E-state index contributed by atoms with van der Waals surface area (Å²) >= 11 is 0. The van der Waals surface area contributed by atoms with Gasteiger partial charge < -0.3 is 4.42 Å². The fourth-order valence-corrected chi connectivity index (χ4v) is 10.1. The number of fused-ring (bicyclic) bond motifs is 9. The number of para-hydroxylation sites is 1. The lowest BCUT2D eigenvalue weighted by Gasteiger charge is -2.18. The molecule has 282 valence electrons. The fourth-order valence-electron chi connectivity index (χ4n) is 10.1. The maximum atomic E-state index is 7.10. The molecule has 3 heterocycles. The molecule has 13 rings (SSSR count). The van der Waals surface area contributed by atoms with Crippen molar-refractivity contribution in [1.82, 2.24) is 9.97 Å². The zero-order chi connectivity index (χ0) is 40.0. The van der Waals surface area contributed by atoms with Gasteiger partial charge in [-0.1, -0.05) is 158 Å². The van der Waals surface area contributed by atoms with E-state index in [9.17, 15) is 0 Å². The molecule has 0 saturated heterocycles. The van der Waals surface area contributed by atoms with Crippen molar-refractivity contribution in [2.24, 2.45) is 0 Å². The molecule has 0 unspecified atom stereocenters. The lowest BCUT2D eigenvalue weighted by Crippen LogP contribution is -1.91. The molecule has 0 saturated carbocycles. The van der Waals surface area contributed by atoms with E-state index in [1.54, 1.807) is 0 Å². The minimum absolute atomic E-state index is 0.867. The minimum Gasteiger partial charge on any atom is -0.455 e. The molecular formula is C58H34N2O. The summed E-state index contributed by atoms with van der Waals surface area (Å²) in [6.45, 7) is 0. The molecule has 0 bridgehead atoms. The topological polar surface area (TPSA) is 38.9 Å². The molecule has 3 heteroatoms. The summed E-state index contributed by atoms with van der Waals surface area (Å²) in [5.41, 5.74) is 13.1. The van der Waals surface area contributed by atoms with Crippen LogP contribution in [0.5, 0.6) is 0 Å². The van der Waals surface area contributed by atoms with Crippen LogP contribution in [0, 0.1) is 0 Å². The number of nitrogens with zero attached hydrogens (tertiary/aromatic N) is 2. The van der Waals surface area contributed by atoms with E-state index in [1.165, 1.54) is 65.3 Å². The molecule has 0 aliphatic rings. The largest absolute Gasteiger partial charge is 0.455 e. The van der Waals surface area contributed by atoms with Gasteiger partial charge in [0.1, 0.15) is 11.2 Å². The van der Waals surface area contributed by atoms with Crippen molar-refractivity contribution < 1.29 is 4.42 Å². The lowest BCUT2D eigenvalue weighted by molar-refractivity contribution is 0.670. The van der Waals surface area contributed by atoms with E-state index in [-0.39, 0.29) is 0 Å². The van der Waals surface area contributed by atoms with Gasteiger partial charge in [0.2, 0.25) is 0 Å². The van der Waals surface area contributed by atoms with Gasteiger partial charge in [-0.25, -0.2) is 0 Å². The summed E-state index contributed by atoms with van der Waals surface area (Å²) in [6, 6.07) is 70.1. The van der Waals surface area contributed by atoms with Crippen molar-refractivity contribution in [2.75, 3.05) is 0 Å². The summed E-state index contributed by atoms with van der Waals surface area (Å²) < 4.78 is 7.10. The SMILES string of the molecule is c1cnc2cc(-c3c4ccccc4c(-c4ccc5c(c4)oc4c(-c6c7ccccc7c(-c7ccc8cccnc8c7)c7ccccc67)cccc45)c4ccccc34)ccc2c1. The Morgan fingerprint density at radius 3 is 1.18 bits per heavy atom. The Labute approximate surface area is 350 Å². The Morgan fingerprint density at radius 2 is 0.705 bits per heavy atom. The summed E-state index contributed by atoms with van der Waals surface area (Å²) in [4.78, 5) is 9.42. The third kappa shape index (κ3) is 5.11. The van der Waals surface area contributed by atoms with Gasteiger partial charge >= 0.3 is 0 Å². The number of pyridine rings is 2. The lowest BCUT2D eigenvalue weighted by atomic mass is 9.85. The second-order valence-electron chi connectivity index (χ2n) is 16.0. The third-order valence-electron chi connectivity index (χ3n) is 12.7. The van der Waals surface area contributed by atoms with Gasteiger partial charge in [0.15, 0.2) is 0 Å². The standard InChI is InChI=1S/C58H34N2O/c1-3-16-43-41(14-1)54(37-26-24-35-12-10-30-59-51(35)32-37)42-15-2-4-17-44(42)56(43)39-28-29-40-49-22-9-23-50(58(49)61-53(40)34-39)57-47-20-7-5-18-45(47)55(46-19-6-8-21-48(46)57)38-27-25-36-13-11-31-60-52(36)33-38/h1-34H. The van der Waals surface area contributed by atoms with E-state index in [0.717, 1.165) is 66.0 Å². The van der Waals surface area contributed by atoms with Crippen LogP contribution in [-0.2, 0) is 0 Å². The predicted molar refractivity (Wildman–Crippen MR) is 256 cm³/mol. The van der Waals surface area contributed by atoms with Crippen LogP contribution in [0.25, 0.3) is 131 Å². The Balaban J connectivity index is 1.03. The molecule has 0 amide bonds. The van der Waals surface area contributed by atoms with Crippen LogP contribution in [0.3, 0.4) is 0 Å². The molecule has 0 aliphatic heterocycles. The molecule has 0 fully saturated rings. The van der Waals surface area contributed by atoms with Crippen molar-refractivity contribution in [3.8, 4) is 44.5 Å². The van der Waals surface area contributed by atoms with Crippen molar-refractivity contribution in [1.29, 1.82) is 0 Å². The Morgan fingerprint density at radius 1 is 0.295 bits per heavy atom. The second-order valence-corrected chi connectivity index (χ2v) is 16.0. The van der Waals surface area contributed by atoms with Gasteiger partial charge in [0, 0.05) is 45.1 Å². The molecule has 0 radical (unpaired) electrons. The molecular weight excluding hydrogens is 741 g/mol. The highest BCUT2D eigenvalue weighted by molar-refractivity contribution is 6.25. The second kappa shape index (κ2) is 13.2. The highest BCUT2D eigenvalue weighted by Crippen LogP contribution is 2.48. The molecule has 10 aromatic carbocycles. The molecule has 0 aliphatic carbocycles. The van der Waals surface area contributed by atoms with Crippen LogP contribution in [-0.4, -0.2) is 9.97 Å². The van der Waals surface area contributed by atoms with Gasteiger partial charge in [-0.05, 0) is 113 Å². The highest BCUT2D eigenvalue weighted by Gasteiger charge is 2.22. The van der Waals surface area contributed by atoms with E-state index < -0.39 is 0 Å². The van der Waals surface area contributed by atoms with Gasteiger partial charge in [0.25, 0.3) is 0 Å². The predicted octanol–water partition coefficient (Wildman–Crippen LogP) is 16.0. The Hall–Kier alpha value is -8.14. The first kappa shape index (κ1) is 33.8. The third-order valence-corrected chi connectivity index (χ3v) is 12.7. The number of rotatable bonds is 4. The quantitative estimate of drug-likeness (QED) is 0.167. The van der Waals surface area contributed by atoms with Crippen LogP contribution < -0.4 is 0 Å². The number of hydrogen-bond donors (Lipinski definition) is 0. The van der Waals surface area contributed by atoms with Crippen LogP contribution in [0.2, 0.25) is 0 Å². The molecule has 3 aromatic heterocycles. The molecule has 61 heavy (non-hydrogen) atoms. The minimum atomic E-state index is 0.867. The van der Waals surface area contributed by atoms with Crippen LogP contribution in [0.15, 0.2) is 211 Å². The summed E-state index contributed by atoms with van der Waals surface area (Å²) in [5.74, 6) is 0. The zero-order valence-corrected chi connectivity index (χ0v) is 32.9. The average molecular weight is 775 g/mol. The van der Waals surface area contributed by atoms with Crippen LogP contribution in [0.1, 0.15) is 0 Å². The van der Waals surface area contributed by atoms with E-state index in [2.05, 4.69) is 182 Å². The van der Waals surface area contributed by atoms with E-state index in [4.69, 9.17) is 14.4 Å². The molecule has 0 spiro atoms. The summed E-state index contributed by atoms with van der Waals surface area (Å²) in [6.07, 6.45) is 3.74. The number of hydrogen-bond acceptors (Lipinski definition) is 3. The molecule has 3 nitrogen and oxygen atoms in total. The maximum absolute atomic E-state index is 7.10. The van der Waals surface area contributed by atoms with E-state index >= 15 is 0 Å². The first-order valence-electron chi connectivity index (χ1n) is 20.8. The Bertz CT molecular complexity index is 3840. The number of furan rings is 1. The average Bonchev–Trinajstić information content (AvgIpc) is 3.70. The first-order valence-corrected chi connectivity index (χ1v) is 20.8. The highest BCUT2D eigenvalue weighted by atomic mass is 16.3. The Kier molecular flexibility index (Phi) is 7.31. The van der Waals surface area contributed by atoms with Crippen LogP contribution in [0.4, 0.5) is 0 Å². The first-order chi connectivity index (χ1) is 30.3. The molecule has 0 atom stereocenters. The van der Waals surface area contributed by atoms with Gasteiger partial charge in [-0.3, -0.25) is 9.97 Å².